The highest BCUT2D eigenvalue weighted by atomic mass is 16.1. The van der Waals surface area contributed by atoms with Crippen molar-refractivity contribution in [3.05, 3.63) is 12.7 Å². The van der Waals surface area contributed by atoms with Crippen LogP contribution in [0.2, 0.25) is 0 Å². The molecule has 1 nitrogen and oxygen atoms in total. The molecule has 13 heavy (non-hydrogen) atoms. The summed E-state index contributed by atoms with van der Waals surface area (Å²) in [5.74, 6) is 3.06. The highest BCUT2D eigenvalue weighted by Gasteiger charge is 2.42. The quantitative estimate of drug-likeness (QED) is 0.607. The van der Waals surface area contributed by atoms with Gasteiger partial charge in [0.05, 0.1) is 0 Å². The maximum absolute atomic E-state index is 11.3. The Labute approximate surface area is 80.2 Å². The normalized spacial score (nSPS) is 39.0. The van der Waals surface area contributed by atoms with E-state index in [0.29, 0.717) is 17.6 Å². The minimum Gasteiger partial charge on any atom is -0.300 e. The van der Waals surface area contributed by atoms with Crippen molar-refractivity contribution in [1.29, 1.82) is 0 Å². The summed E-state index contributed by atoms with van der Waals surface area (Å²) in [6.07, 6.45) is 7.06. The van der Waals surface area contributed by atoms with Crippen LogP contribution in [0, 0.1) is 23.7 Å². The van der Waals surface area contributed by atoms with Crippen LogP contribution in [0.5, 0.6) is 0 Å². The summed E-state index contributed by atoms with van der Waals surface area (Å²) in [6, 6.07) is 0. The van der Waals surface area contributed by atoms with Crippen LogP contribution in [0.3, 0.4) is 0 Å². The van der Waals surface area contributed by atoms with Gasteiger partial charge in [0.1, 0.15) is 5.78 Å². The molecule has 0 N–H and O–H groups in total. The Morgan fingerprint density at radius 2 is 2.08 bits per heavy atom. The molecule has 0 amide bonds. The molecule has 1 heteroatoms. The molecule has 0 bridgehead atoms. The lowest BCUT2D eigenvalue weighted by Gasteiger charge is -2.13. The lowest BCUT2D eigenvalue weighted by molar-refractivity contribution is -0.120. The Balaban J connectivity index is 2.02. The topological polar surface area (TPSA) is 17.1 Å². The van der Waals surface area contributed by atoms with Gasteiger partial charge in [-0.15, -0.1) is 6.58 Å². The first-order valence-electron chi connectivity index (χ1n) is 5.35. The van der Waals surface area contributed by atoms with E-state index in [1.54, 1.807) is 6.92 Å². The van der Waals surface area contributed by atoms with E-state index in [0.717, 1.165) is 24.7 Å². The molecule has 0 aliphatic heterocycles. The number of ketones is 1. The number of hydrogen-bond acceptors (Lipinski definition) is 1. The summed E-state index contributed by atoms with van der Waals surface area (Å²) in [6.45, 7) is 5.62. The van der Waals surface area contributed by atoms with Crippen molar-refractivity contribution in [3.8, 4) is 0 Å². The van der Waals surface area contributed by atoms with Gasteiger partial charge in [0.25, 0.3) is 0 Å². The first kappa shape index (κ1) is 8.98. The second kappa shape index (κ2) is 3.28. The predicted molar refractivity (Wildman–Crippen MR) is 53.3 cm³/mol. The number of Topliss-reactive ketones (excluding diaryl/α,β-unsaturated/α-hetero) is 1. The fourth-order valence-corrected chi connectivity index (χ4v) is 2.77. The van der Waals surface area contributed by atoms with Crippen LogP contribution in [-0.2, 0) is 4.79 Å². The molecule has 2 aliphatic carbocycles. The van der Waals surface area contributed by atoms with Crippen LogP contribution in [0.15, 0.2) is 12.7 Å². The molecule has 2 fully saturated rings. The van der Waals surface area contributed by atoms with Crippen LogP contribution < -0.4 is 0 Å². The average Bonchev–Trinajstić information content (AvgIpc) is 2.84. The molecule has 2 aliphatic rings. The molecule has 0 aromatic heterocycles. The van der Waals surface area contributed by atoms with Gasteiger partial charge in [-0.1, -0.05) is 6.08 Å². The van der Waals surface area contributed by atoms with Gasteiger partial charge in [-0.3, -0.25) is 4.79 Å². The molecule has 0 radical (unpaired) electrons. The largest absolute Gasteiger partial charge is 0.300 e. The zero-order valence-electron chi connectivity index (χ0n) is 8.33. The summed E-state index contributed by atoms with van der Waals surface area (Å²) in [5.41, 5.74) is 0. The summed E-state index contributed by atoms with van der Waals surface area (Å²) >= 11 is 0. The van der Waals surface area contributed by atoms with Crippen LogP contribution in [0.25, 0.3) is 0 Å². The summed E-state index contributed by atoms with van der Waals surface area (Å²) < 4.78 is 0. The third-order valence-electron chi connectivity index (χ3n) is 3.77. The maximum atomic E-state index is 11.3. The molecule has 0 aromatic carbocycles. The van der Waals surface area contributed by atoms with Crippen LogP contribution in [0.1, 0.15) is 32.6 Å². The van der Waals surface area contributed by atoms with Gasteiger partial charge in [-0.25, -0.2) is 0 Å². The molecule has 0 saturated heterocycles. The lowest BCUT2D eigenvalue weighted by Crippen LogP contribution is -2.07. The lowest BCUT2D eigenvalue weighted by atomic mass is 9.92. The predicted octanol–water partition coefficient (Wildman–Crippen LogP) is 2.81. The van der Waals surface area contributed by atoms with Gasteiger partial charge in [0.15, 0.2) is 0 Å². The van der Waals surface area contributed by atoms with E-state index in [1.807, 2.05) is 0 Å². The van der Waals surface area contributed by atoms with Crippen molar-refractivity contribution in [2.24, 2.45) is 23.7 Å². The molecule has 3 atom stereocenters. The molecular weight excluding hydrogens is 160 g/mol. The smallest absolute Gasteiger partial charge is 0.132 e. The van der Waals surface area contributed by atoms with Crippen molar-refractivity contribution in [1.82, 2.24) is 0 Å². The van der Waals surface area contributed by atoms with Gasteiger partial charge >= 0.3 is 0 Å². The molecule has 0 aromatic rings. The number of hydrogen-bond donors (Lipinski definition) is 0. The van der Waals surface area contributed by atoms with Crippen molar-refractivity contribution in [3.63, 3.8) is 0 Å². The van der Waals surface area contributed by atoms with E-state index in [1.165, 1.54) is 12.8 Å². The van der Waals surface area contributed by atoms with Gasteiger partial charge < -0.3 is 0 Å². The highest BCUT2D eigenvalue weighted by molar-refractivity contribution is 5.78. The molecule has 2 saturated carbocycles. The summed E-state index contributed by atoms with van der Waals surface area (Å²) in [5, 5.41) is 0. The summed E-state index contributed by atoms with van der Waals surface area (Å²) in [4.78, 5) is 11.3. The van der Waals surface area contributed by atoms with E-state index in [4.69, 9.17) is 0 Å². The second-order valence-corrected chi connectivity index (χ2v) is 4.68. The van der Waals surface area contributed by atoms with Gasteiger partial charge in [0.2, 0.25) is 0 Å². The molecular formula is C12H18O. The molecule has 3 unspecified atom stereocenters. The Morgan fingerprint density at radius 1 is 1.38 bits per heavy atom. The fourth-order valence-electron chi connectivity index (χ4n) is 2.77. The Hall–Kier alpha value is -0.590. The molecule has 0 heterocycles. The van der Waals surface area contributed by atoms with Gasteiger partial charge in [0, 0.05) is 5.92 Å². The number of allylic oxidation sites excluding steroid dienone is 1. The van der Waals surface area contributed by atoms with Crippen LogP contribution >= 0.6 is 0 Å². The molecule has 2 rings (SSSR count). The third kappa shape index (κ3) is 1.70. The van der Waals surface area contributed by atoms with E-state index in [2.05, 4.69) is 12.7 Å². The van der Waals surface area contributed by atoms with E-state index in [9.17, 15) is 4.79 Å². The Bertz CT molecular complexity index is 227. The highest BCUT2D eigenvalue weighted by Crippen LogP contribution is 2.50. The number of carbonyl (C=O) groups excluding carboxylic acids is 1. The number of rotatable bonds is 3. The zero-order chi connectivity index (χ0) is 9.42. The van der Waals surface area contributed by atoms with Gasteiger partial charge in [-0.05, 0) is 50.4 Å². The summed E-state index contributed by atoms with van der Waals surface area (Å²) in [7, 11) is 0. The van der Waals surface area contributed by atoms with Crippen molar-refractivity contribution in [2.45, 2.75) is 32.6 Å². The SMILES string of the molecule is C=CC1CC(C(C)=O)CC1C1CC1. The minimum atomic E-state index is 0.341. The Kier molecular flexibility index (Phi) is 2.27. The average molecular weight is 178 g/mol. The van der Waals surface area contributed by atoms with Crippen molar-refractivity contribution >= 4 is 5.78 Å². The van der Waals surface area contributed by atoms with Crippen molar-refractivity contribution in [2.75, 3.05) is 0 Å². The zero-order valence-corrected chi connectivity index (χ0v) is 8.33. The van der Waals surface area contributed by atoms with E-state index in [-0.39, 0.29) is 0 Å². The van der Waals surface area contributed by atoms with Crippen molar-refractivity contribution < 1.29 is 4.79 Å². The maximum Gasteiger partial charge on any atom is 0.132 e. The van der Waals surface area contributed by atoms with Crippen LogP contribution in [0.4, 0.5) is 0 Å². The molecule has 72 valence electrons. The first-order chi connectivity index (χ1) is 6.22. The third-order valence-corrected chi connectivity index (χ3v) is 3.77. The number of carbonyl (C=O) groups is 1. The van der Waals surface area contributed by atoms with E-state index >= 15 is 0 Å². The van der Waals surface area contributed by atoms with E-state index < -0.39 is 0 Å². The Morgan fingerprint density at radius 3 is 2.54 bits per heavy atom. The molecule has 0 spiro atoms. The standard InChI is InChI=1S/C12H18O/c1-3-9-6-11(8(2)13)7-12(9)10-4-5-10/h3,9-12H,1,4-7H2,2H3. The van der Waals surface area contributed by atoms with Gasteiger partial charge in [-0.2, -0.15) is 0 Å². The van der Waals surface area contributed by atoms with Crippen LogP contribution in [-0.4, -0.2) is 5.78 Å². The second-order valence-electron chi connectivity index (χ2n) is 4.68. The first-order valence-corrected chi connectivity index (χ1v) is 5.35. The monoisotopic (exact) mass is 178 g/mol. The fraction of sp³-hybridized carbons (Fsp3) is 0.750. The minimum absolute atomic E-state index is 0.341.